The van der Waals surface area contributed by atoms with E-state index in [1.165, 1.54) is 0 Å². The summed E-state index contributed by atoms with van der Waals surface area (Å²) in [5.74, 6) is 1.49. The Morgan fingerprint density at radius 3 is 3.00 bits per heavy atom. The Hall–Kier alpha value is -2.37. The third kappa shape index (κ3) is 3.39. The van der Waals surface area contributed by atoms with Gasteiger partial charge >= 0.3 is 0 Å². The normalized spacial score (nSPS) is 18.5. The number of aromatic nitrogens is 2. The number of hydrogen-bond acceptors (Lipinski definition) is 5. The van der Waals surface area contributed by atoms with Crippen LogP contribution in [0.2, 0.25) is 0 Å². The number of furan rings is 1. The summed E-state index contributed by atoms with van der Waals surface area (Å²) in [6, 6.07) is 5.46. The van der Waals surface area contributed by atoms with E-state index in [0.29, 0.717) is 19.0 Å². The quantitative estimate of drug-likeness (QED) is 0.924. The lowest BCUT2D eigenvalue weighted by Gasteiger charge is -2.31. The molecule has 6 heteroatoms. The number of anilines is 1. The Morgan fingerprint density at radius 1 is 1.38 bits per heavy atom. The SMILES string of the molecule is O=C(NCc1ccco1)[C@H]1CCCN(c2ncccn2)C1. The third-order valence-corrected chi connectivity index (χ3v) is 3.64. The van der Waals surface area contributed by atoms with Crippen molar-refractivity contribution < 1.29 is 9.21 Å². The standard InChI is InChI=1S/C15H18N4O2/c20-14(18-10-13-5-2-9-21-13)12-4-1-8-19(11-12)15-16-6-3-7-17-15/h2-3,5-7,9,12H,1,4,8,10-11H2,(H,18,20)/t12-/m0/s1. The molecule has 3 heterocycles. The van der Waals surface area contributed by atoms with Gasteiger partial charge in [0.1, 0.15) is 5.76 Å². The summed E-state index contributed by atoms with van der Waals surface area (Å²) in [7, 11) is 0. The van der Waals surface area contributed by atoms with E-state index in [2.05, 4.69) is 20.2 Å². The lowest BCUT2D eigenvalue weighted by Crippen LogP contribution is -2.43. The minimum Gasteiger partial charge on any atom is -0.467 e. The second-order valence-corrected chi connectivity index (χ2v) is 5.13. The fourth-order valence-electron chi connectivity index (χ4n) is 2.56. The Labute approximate surface area is 123 Å². The number of hydrogen-bond donors (Lipinski definition) is 1. The van der Waals surface area contributed by atoms with Crippen molar-refractivity contribution in [2.45, 2.75) is 19.4 Å². The zero-order valence-corrected chi connectivity index (χ0v) is 11.7. The molecule has 1 N–H and O–H groups in total. The van der Waals surface area contributed by atoms with Crippen molar-refractivity contribution >= 4 is 11.9 Å². The summed E-state index contributed by atoms with van der Waals surface area (Å²) in [6.07, 6.45) is 6.92. The molecule has 1 amide bonds. The predicted octanol–water partition coefficient (Wildman–Crippen LogP) is 1.60. The highest BCUT2D eigenvalue weighted by molar-refractivity contribution is 5.79. The van der Waals surface area contributed by atoms with Crippen LogP contribution >= 0.6 is 0 Å². The monoisotopic (exact) mass is 286 g/mol. The van der Waals surface area contributed by atoms with Crippen LogP contribution in [-0.2, 0) is 11.3 Å². The fraction of sp³-hybridized carbons (Fsp3) is 0.400. The molecule has 2 aromatic rings. The summed E-state index contributed by atoms with van der Waals surface area (Å²) in [6.45, 7) is 1.99. The van der Waals surface area contributed by atoms with E-state index in [1.807, 2.05) is 12.1 Å². The zero-order valence-electron chi connectivity index (χ0n) is 11.7. The van der Waals surface area contributed by atoms with Gasteiger partial charge in [-0.1, -0.05) is 0 Å². The number of amides is 1. The molecule has 3 rings (SSSR count). The fourth-order valence-corrected chi connectivity index (χ4v) is 2.56. The molecule has 6 nitrogen and oxygen atoms in total. The van der Waals surface area contributed by atoms with Crippen LogP contribution in [0.5, 0.6) is 0 Å². The molecule has 0 radical (unpaired) electrons. The van der Waals surface area contributed by atoms with Crippen molar-refractivity contribution in [1.29, 1.82) is 0 Å². The smallest absolute Gasteiger partial charge is 0.225 e. The average Bonchev–Trinajstić information content (AvgIpc) is 3.07. The number of carbonyl (C=O) groups excluding carboxylic acids is 1. The van der Waals surface area contributed by atoms with Crippen LogP contribution in [0.3, 0.4) is 0 Å². The molecule has 0 unspecified atom stereocenters. The van der Waals surface area contributed by atoms with E-state index in [-0.39, 0.29) is 11.8 Å². The van der Waals surface area contributed by atoms with E-state index in [4.69, 9.17) is 4.42 Å². The van der Waals surface area contributed by atoms with Crippen molar-refractivity contribution in [2.75, 3.05) is 18.0 Å². The largest absolute Gasteiger partial charge is 0.467 e. The van der Waals surface area contributed by atoms with Crippen LogP contribution in [0.4, 0.5) is 5.95 Å². The van der Waals surface area contributed by atoms with E-state index in [9.17, 15) is 4.79 Å². The van der Waals surface area contributed by atoms with E-state index in [0.717, 1.165) is 25.1 Å². The van der Waals surface area contributed by atoms with Gasteiger partial charge in [-0.15, -0.1) is 0 Å². The highest BCUT2D eigenvalue weighted by atomic mass is 16.3. The van der Waals surface area contributed by atoms with Crippen LogP contribution in [0.15, 0.2) is 41.3 Å². The number of rotatable bonds is 4. The van der Waals surface area contributed by atoms with Gasteiger partial charge in [0.15, 0.2) is 0 Å². The van der Waals surface area contributed by atoms with Gasteiger partial charge in [-0.25, -0.2) is 9.97 Å². The maximum absolute atomic E-state index is 12.2. The van der Waals surface area contributed by atoms with Gasteiger partial charge in [0, 0.05) is 25.5 Å². The Bertz CT molecular complexity index is 571. The molecule has 0 spiro atoms. The van der Waals surface area contributed by atoms with Gasteiger partial charge in [-0.3, -0.25) is 4.79 Å². The first-order chi connectivity index (χ1) is 10.3. The lowest BCUT2D eigenvalue weighted by atomic mass is 9.97. The minimum atomic E-state index is -0.0301. The summed E-state index contributed by atoms with van der Waals surface area (Å²) in [5, 5.41) is 2.93. The maximum atomic E-state index is 12.2. The summed E-state index contributed by atoms with van der Waals surface area (Å²) in [4.78, 5) is 22.8. The lowest BCUT2D eigenvalue weighted by molar-refractivity contribution is -0.125. The Morgan fingerprint density at radius 2 is 2.24 bits per heavy atom. The van der Waals surface area contributed by atoms with Crippen LogP contribution < -0.4 is 10.2 Å². The predicted molar refractivity (Wildman–Crippen MR) is 77.5 cm³/mol. The van der Waals surface area contributed by atoms with Gasteiger partial charge < -0.3 is 14.6 Å². The molecule has 1 saturated heterocycles. The first kappa shape index (κ1) is 13.6. The third-order valence-electron chi connectivity index (χ3n) is 3.64. The molecule has 2 aromatic heterocycles. The highest BCUT2D eigenvalue weighted by Gasteiger charge is 2.26. The van der Waals surface area contributed by atoms with Crippen molar-refractivity contribution in [2.24, 2.45) is 5.92 Å². The first-order valence-corrected chi connectivity index (χ1v) is 7.15. The molecule has 0 saturated carbocycles. The topological polar surface area (TPSA) is 71.3 Å². The molecule has 1 aliphatic rings. The van der Waals surface area contributed by atoms with Crippen LogP contribution in [0, 0.1) is 5.92 Å². The van der Waals surface area contributed by atoms with Crippen molar-refractivity contribution in [3.05, 3.63) is 42.6 Å². The van der Waals surface area contributed by atoms with Crippen LogP contribution in [0.1, 0.15) is 18.6 Å². The summed E-state index contributed by atoms with van der Waals surface area (Å²) < 4.78 is 5.22. The van der Waals surface area contributed by atoms with Gasteiger partial charge in [0.05, 0.1) is 18.7 Å². The average molecular weight is 286 g/mol. The van der Waals surface area contributed by atoms with Crippen LogP contribution in [0.25, 0.3) is 0 Å². The van der Waals surface area contributed by atoms with Crippen molar-refractivity contribution in [3.8, 4) is 0 Å². The summed E-state index contributed by atoms with van der Waals surface area (Å²) >= 11 is 0. The van der Waals surface area contributed by atoms with Gasteiger partial charge in [-0.05, 0) is 31.0 Å². The molecule has 1 atom stereocenters. The summed E-state index contributed by atoms with van der Waals surface area (Å²) in [5.41, 5.74) is 0. The number of carbonyl (C=O) groups is 1. The number of nitrogens with one attached hydrogen (secondary N) is 1. The highest BCUT2D eigenvalue weighted by Crippen LogP contribution is 2.20. The van der Waals surface area contributed by atoms with Gasteiger partial charge in [0.25, 0.3) is 0 Å². The second-order valence-electron chi connectivity index (χ2n) is 5.13. The van der Waals surface area contributed by atoms with Crippen molar-refractivity contribution in [3.63, 3.8) is 0 Å². The Balaban J connectivity index is 1.56. The molecule has 0 aromatic carbocycles. The molecular formula is C15H18N4O2. The van der Waals surface area contributed by atoms with E-state index in [1.54, 1.807) is 24.7 Å². The minimum absolute atomic E-state index is 0.0301. The van der Waals surface area contributed by atoms with Crippen LogP contribution in [-0.4, -0.2) is 29.0 Å². The second kappa shape index (κ2) is 6.39. The van der Waals surface area contributed by atoms with Crippen molar-refractivity contribution in [1.82, 2.24) is 15.3 Å². The number of nitrogens with zero attached hydrogens (tertiary/aromatic N) is 3. The van der Waals surface area contributed by atoms with Gasteiger partial charge in [-0.2, -0.15) is 0 Å². The molecule has 1 fully saturated rings. The molecule has 0 bridgehead atoms. The van der Waals surface area contributed by atoms with Gasteiger partial charge in [0.2, 0.25) is 11.9 Å². The molecule has 21 heavy (non-hydrogen) atoms. The number of piperidine rings is 1. The molecule has 110 valence electrons. The van der Waals surface area contributed by atoms with E-state index < -0.39 is 0 Å². The first-order valence-electron chi connectivity index (χ1n) is 7.15. The molecule has 0 aliphatic carbocycles. The Kier molecular flexibility index (Phi) is 4.14. The molecule has 1 aliphatic heterocycles. The van der Waals surface area contributed by atoms with E-state index >= 15 is 0 Å². The zero-order chi connectivity index (χ0) is 14.5. The molecular weight excluding hydrogens is 268 g/mol. The maximum Gasteiger partial charge on any atom is 0.225 e.